The van der Waals surface area contributed by atoms with Gasteiger partial charge in [0.1, 0.15) is 12.1 Å². The molecular formula is C21H27N3O5. The summed E-state index contributed by atoms with van der Waals surface area (Å²) in [5.41, 5.74) is 0.256. The second kappa shape index (κ2) is 8.63. The highest BCUT2D eigenvalue weighted by Crippen LogP contribution is 2.22. The fraction of sp³-hybridized carbons (Fsp3) is 0.524. The Morgan fingerprint density at radius 2 is 1.79 bits per heavy atom. The van der Waals surface area contributed by atoms with Gasteiger partial charge in [0, 0.05) is 13.1 Å². The molecule has 156 valence electrons. The average Bonchev–Trinajstić information content (AvgIpc) is 2.89. The van der Waals surface area contributed by atoms with Gasteiger partial charge in [-0.1, -0.05) is 30.3 Å². The van der Waals surface area contributed by atoms with Gasteiger partial charge in [0.2, 0.25) is 0 Å². The monoisotopic (exact) mass is 401 g/mol. The maximum atomic E-state index is 12.3. The van der Waals surface area contributed by atoms with E-state index < -0.39 is 30.0 Å². The van der Waals surface area contributed by atoms with Crippen molar-refractivity contribution in [1.29, 1.82) is 0 Å². The molecule has 2 heterocycles. The molecule has 0 spiro atoms. The maximum absolute atomic E-state index is 12.3. The first-order valence-electron chi connectivity index (χ1n) is 9.87. The molecule has 4 amide bonds. The van der Waals surface area contributed by atoms with Gasteiger partial charge in [-0.2, -0.15) is 0 Å². The minimum atomic E-state index is -1.04. The molecule has 2 fully saturated rings. The zero-order valence-corrected chi connectivity index (χ0v) is 16.8. The van der Waals surface area contributed by atoms with E-state index >= 15 is 0 Å². The van der Waals surface area contributed by atoms with Gasteiger partial charge < -0.3 is 15.0 Å². The van der Waals surface area contributed by atoms with E-state index in [2.05, 4.69) is 17.4 Å². The van der Waals surface area contributed by atoms with Gasteiger partial charge >= 0.3 is 12.0 Å². The van der Waals surface area contributed by atoms with E-state index in [0.717, 1.165) is 24.2 Å². The lowest BCUT2D eigenvalue weighted by Gasteiger charge is -2.32. The summed E-state index contributed by atoms with van der Waals surface area (Å²) in [6.07, 6.45) is 2.82. The van der Waals surface area contributed by atoms with Crippen molar-refractivity contribution >= 4 is 23.8 Å². The van der Waals surface area contributed by atoms with Crippen LogP contribution in [0.1, 0.15) is 32.3 Å². The number of nitrogens with zero attached hydrogens (tertiary/aromatic N) is 2. The Morgan fingerprint density at radius 3 is 2.38 bits per heavy atom. The molecule has 0 aromatic heterocycles. The number of amides is 4. The highest BCUT2D eigenvalue weighted by Gasteiger charge is 2.45. The van der Waals surface area contributed by atoms with Crippen LogP contribution in [0.4, 0.5) is 4.79 Å². The summed E-state index contributed by atoms with van der Waals surface area (Å²) < 4.78 is 5.00. The third-order valence-electron chi connectivity index (χ3n) is 5.42. The molecule has 0 saturated carbocycles. The number of hydrogen-bond donors (Lipinski definition) is 1. The van der Waals surface area contributed by atoms with Crippen molar-refractivity contribution < 1.29 is 23.9 Å². The molecule has 1 aromatic rings. The summed E-state index contributed by atoms with van der Waals surface area (Å²) in [4.78, 5) is 50.7. The zero-order valence-electron chi connectivity index (χ0n) is 16.8. The molecule has 0 atom stereocenters. The summed E-state index contributed by atoms with van der Waals surface area (Å²) in [7, 11) is 0. The Kier molecular flexibility index (Phi) is 6.20. The minimum Gasteiger partial charge on any atom is -0.454 e. The molecule has 2 aliphatic heterocycles. The number of hydrogen-bond acceptors (Lipinski definition) is 5. The molecule has 29 heavy (non-hydrogen) atoms. The van der Waals surface area contributed by atoms with Gasteiger partial charge in [-0.25, -0.2) is 4.79 Å². The lowest BCUT2D eigenvalue weighted by molar-refractivity contribution is -0.154. The van der Waals surface area contributed by atoms with Gasteiger partial charge in [-0.3, -0.25) is 19.3 Å². The number of urea groups is 1. The van der Waals surface area contributed by atoms with Crippen molar-refractivity contribution in [3.63, 3.8) is 0 Å². The molecule has 2 aliphatic rings. The first-order chi connectivity index (χ1) is 13.8. The van der Waals surface area contributed by atoms with Crippen molar-refractivity contribution in [3.8, 4) is 0 Å². The van der Waals surface area contributed by atoms with Crippen LogP contribution >= 0.6 is 0 Å². The number of imide groups is 1. The summed E-state index contributed by atoms with van der Waals surface area (Å²) in [5.74, 6) is -0.995. The molecule has 3 rings (SSSR count). The van der Waals surface area contributed by atoms with E-state index in [1.165, 1.54) is 5.56 Å². The van der Waals surface area contributed by atoms with Gasteiger partial charge in [-0.05, 0) is 44.6 Å². The van der Waals surface area contributed by atoms with Crippen LogP contribution in [0.5, 0.6) is 0 Å². The molecule has 0 bridgehead atoms. The van der Waals surface area contributed by atoms with Crippen molar-refractivity contribution in [1.82, 2.24) is 15.1 Å². The van der Waals surface area contributed by atoms with Crippen LogP contribution in [-0.2, 0) is 25.5 Å². The Bertz CT molecular complexity index is 785. The number of esters is 1. The molecule has 0 radical (unpaired) electrons. The number of carbonyl (C=O) groups is 4. The highest BCUT2D eigenvalue weighted by molar-refractivity contribution is 6.08. The van der Waals surface area contributed by atoms with Crippen LogP contribution < -0.4 is 5.32 Å². The van der Waals surface area contributed by atoms with Crippen LogP contribution in [-0.4, -0.2) is 65.4 Å². The van der Waals surface area contributed by atoms with Gasteiger partial charge in [0.05, 0.1) is 0 Å². The van der Waals surface area contributed by atoms with Crippen LogP contribution in [0.2, 0.25) is 0 Å². The number of ether oxygens (including phenoxy) is 1. The summed E-state index contributed by atoms with van der Waals surface area (Å²) in [5, 5.41) is 2.49. The second-order valence-electron chi connectivity index (χ2n) is 8.12. The van der Waals surface area contributed by atoms with Crippen LogP contribution in [0.25, 0.3) is 0 Å². The Labute approximate surface area is 170 Å². The zero-order chi connectivity index (χ0) is 21.0. The second-order valence-corrected chi connectivity index (χ2v) is 8.12. The predicted octanol–water partition coefficient (Wildman–Crippen LogP) is 1.34. The van der Waals surface area contributed by atoms with Crippen molar-refractivity contribution in [2.24, 2.45) is 5.92 Å². The Morgan fingerprint density at radius 1 is 1.14 bits per heavy atom. The SMILES string of the molecule is CC1(C)NC(=O)N(CC(=O)OCC(=O)N2CCC(Cc3ccccc3)CC2)C1=O. The van der Waals surface area contributed by atoms with Gasteiger partial charge in [0.25, 0.3) is 11.8 Å². The van der Waals surface area contributed by atoms with Gasteiger partial charge in [0.15, 0.2) is 6.61 Å². The summed E-state index contributed by atoms with van der Waals surface area (Å²) in [6, 6.07) is 9.65. The normalized spacial score (nSPS) is 19.2. The molecular weight excluding hydrogens is 374 g/mol. The Balaban J connectivity index is 1.39. The molecule has 8 heteroatoms. The Hall–Kier alpha value is -2.90. The van der Waals surface area contributed by atoms with Crippen molar-refractivity contribution in [2.45, 2.75) is 38.6 Å². The van der Waals surface area contributed by atoms with Crippen molar-refractivity contribution in [3.05, 3.63) is 35.9 Å². The van der Waals surface area contributed by atoms with Crippen molar-refractivity contribution in [2.75, 3.05) is 26.2 Å². The molecule has 0 aliphatic carbocycles. The lowest BCUT2D eigenvalue weighted by Crippen LogP contribution is -2.43. The average molecular weight is 401 g/mol. The fourth-order valence-electron chi connectivity index (χ4n) is 3.70. The predicted molar refractivity (Wildman–Crippen MR) is 105 cm³/mol. The maximum Gasteiger partial charge on any atom is 0.326 e. The smallest absolute Gasteiger partial charge is 0.326 e. The largest absolute Gasteiger partial charge is 0.454 e. The first kappa shape index (κ1) is 20.8. The van der Waals surface area contributed by atoms with E-state index in [4.69, 9.17) is 4.74 Å². The molecule has 1 N–H and O–H groups in total. The molecule has 0 unspecified atom stereocenters. The fourth-order valence-corrected chi connectivity index (χ4v) is 3.70. The lowest BCUT2D eigenvalue weighted by atomic mass is 9.90. The first-order valence-corrected chi connectivity index (χ1v) is 9.87. The molecule has 1 aromatic carbocycles. The van der Waals surface area contributed by atoms with E-state index in [0.29, 0.717) is 19.0 Å². The third kappa shape index (κ3) is 5.13. The highest BCUT2D eigenvalue weighted by atomic mass is 16.5. The van der Waals surface area contributed by atoms with Crippen LogP contribution in [0.3, 0.4) is 0 Å². The summed E-state index contributed by atoms with van der Waals surface area (Å²) in [6.45, 7) is 3.51. The number of carbonyl (C=O) groups excluding carboxylic acids is 4. The summed E-state index contributed by atoms with van der Waals surface area (Å²) >= 11 is 0. The number of rotatable bonds is 6. The van der Waals surface area contributed by atoms with Crippen LogP contribution in [0, 0.1) is 5.92 Å². The number of likely N-dealkylation sites (tertiary alicyclic amines) is 1. The van der Waals surface area contributed by atoms with E-state index in [1.807, 2.05) is 18.2 Å². The standard InChI is InChI=1S/C21H27N3O5/c1-21(2)19(27)24(20(28)22-21)13-18(26)29-14-17(25)23-10-8-16(9-11-23)12-15-6-4-3-5-7-15/h3-7,16H,8-14H2,1-2H3,(H,22,28). The third-order valence-corrected chi connectivity index (χ3v) is 5.42. The number of benzene rings is 1. The minimum absolute atomic E-state index is 0.256. The topological polar surface area (TPSA) is 96.0 Å². The molecule has 2 saturated heterocycles. The molecule has 8 nitrogen and oxygen atoms in total. The van der Waals surface area contributed by atoms with E-state index in [-0.39, 0.29) is 12.5 Å². The van der Waals surface area contributed by atoms with Gasteiger partial charge in [-0.15, -0.1) is 0 Å². The van der Waals surface area contributed by atoms with E-state index in [9.17, 15) is 19.2 Å². The van der Waals surface area contributed by atoms with Crippen LogP contribution in [0.15, 0.2) is 30.3 Å². The number of nitrogens with one attached hydrogen (secondary N) is 1. The quantitative estimate of drug-likeness (QED) is 0.573. The number of piperidine rings is 1. The van der Waals surface area contributed by atoms with E-state index in [1.54, 1.807) is 18.7 Å².